The Labute approximate surface area is 138 Å². The molecule has 0 amide bonds. The first kappa shape index (κ1) is 16.3. The monoisotopic (exact) mass is 319 g/mol. The summed E-state index contributed by atoms with van der Waals surface area (Å²) < 4.78 is 4.85. The number of nitrogens with zero attached hydrogens (tertiary/aromatic N) is 3. The van der Waals surface area contributed by atoms with E-state index in [4.69, 9.17) is 4.52 Å². The normalized spacial score (nSPS) is 21.7. The molecular formula is C17H29N5O. The van der Waals surface area contributed by atoms with Crippen molar-refractivity contribution in [1.82, 2.24) is 20.7 Å². The van der Waals surface area contributed by atoms with E-state index in [1.54, 1.807) is 6.26 Å². The molecule has 23 heavy (non-hydrogen) atoms. The lowest BCUT2D eigenvalue weighted by molar-refractivity contribution is 0.150. The lowest BCUT2D eigenvalue weighted by Gasteiger charge is -2.36. The zero-order chi connectivity index (χ0) is 15.9. The van der Waals surface area contributed by atoms with Crippen molar-refractivity contribution in [3.63, 3.8) is 0 Å². The van der Waals surface area contributed by atoms with Crippen LogP contribution >= 0.6 is 0 Å². The Morgan fingerprint density at radius 1 is 1.30 bits per heavy atom. The highest BCUT2D eigenvalue weighted by molar-refractivity contribution is 5.80. The maximum Gasteiger partial charge on any atom is 0.191 e. The molecule has 0 aromatic carbocycles. The Bertz CT molecular complexity index is 473. The zero-order valence-corrected chi connectivity index (χ0v) is 14.1. The first-order valence-electron chi connectivity index (χ1n) is 9.03. The fraction of sp³-hybridized carbons (Fsp3) is 0.765. The van der Waals surface area contributed by atoms with Crippen molar-refractivity contribution >= 4 is 5.96 Å². The standard InChI is InChI=1S/C17H29N5O/c1-2-18-17(19-13-15-9-12-23-21-15)20-14-7-10-22(11-8-14)16-5-3-4-6-16/h9,12,14,16H,2-8,10-11,13H2,1H3,(H2,18,19,20). The third kappa shape index (κ3) is 4.70. The molecular weight excluding hydrogens is 290 g/mol. The number of nitrogens with one attached hydrogen (secondary N) is 2. The molecule has 0 radical (unpaired) electrons. The van der Waals surface area contributed by atoms with Gasteiger partial charge < -0.3 is 20.1 Å². The fourth-order valence-electron chi connectivity index (χ4n) is 3.67. The number of likely N-dealkylation sites (tertiary alicyclic amines) is 1. The molecule has 0 atom stereocenters. The molecule has 0 spiro atoms. The average Bonchev–Trinajstić information content (AvgIpc) is 3.27. The molecule has 1 aliphatic heterocycles. The van der Waals surface area contributed by atoms with Crippen molar-refractivity contribution in [1.29, 1.82) is 0 Å². The second-order valence-corrected chi connectivity index (χ2v) is 6.58. The van der Waals surface area contributed by atoms with Gasteiger partial charge in [0.1, 0.15) is 12.0 Å². The Kier molecular flexibility index (Phi) is 5.91. The summed E-state index contributed by atoms with van der Waals surface area (Å²) in [6, 6.07) is 3.22. The Hall–Kier alpha value is -1.56. The third-order valence-electron chi connectivity index (χ3n) is 4.95. The van der Waals surface area contributed by atoms with E-state index in [-0.39, 0.29) is 0 Å². The maximum atomic E-state index is 4.85. The Balaban J connectivity index is 1.47. The number of hydrogen-bond acceptors (Lipinski definition) is 4. The van der Waals surface area contributed by atoms with Crippen molar-refractivity contribution in [2.75, 3.05) is 19.6 Å². The van der Waals surface area contributed by atoms with Crippen LogP contribution in [0.5, 0.6) is 0 Å². The van der Waals surface area contributed by atoms with E-state index in [0.717, 1.165) is 24.2 Å². The number of aromatic nitrogens is 1. The van der Waals surface area contributed by atoms with E-state index in [0.29, 0.717) is 12.6 Å². The van der Waals surface area contributed by atoms with Gasteiger partial charge in [-0.3, -0.25) is 0 Å². The average molecular weight is 319 g/mol. The molecule has 1 aliphatic carbocycles. The molecule has 2 fully saturated rings. The maximum absolute atomic E-state index is 4.85. The van der Waals surface area contributed by atoms with Gasteiger partial charge in [0.2, 0.25) is 0 Å². The molecule has 128 valence electrons. The highest BCUT2D eigenvalue weighted by Gasteiger charge is 2.27. The fourth-order valence-corrected chi connectivity index (χ4v) is 3.67. The molecule has 3 rings (SSSR count). The molecule has 1 saturated carbocycles. The summed E-state index contributed by atoms with van der Waals surface area (Å²) in [5, 5.41) is 10.8. The van der Waals surface area contributed by atoms with E-state index in [1.807, 2.05) is 6.07 Å². The van der Waals surface area contributed by atoms with Crippen molar-refractivity contribution in [3.05, 3.63) is 18.0 Å². The summed E-state index contributed by atoms with van der Waals surface area (Å²) in [6.07, 6.45) is 9.63. The number of guanidine groups is 1. The summed E-state index contributed by atoms with van der Waals surface area (Å²) in [7, 11) is 0. The van der Waals surface area contributed by atoms with Crippen LogP contribution in [0.25, 0.3) is 0 Å². The highest BCUT2D eigenvalue weighted by atomic mass is 16.5. The van der Waals surface area contributed by atoms with Gasteiger partial charge in [-0.2, -0.15) is 0 Å². The molecule has 2 aliphatic rings. The minimum atomic E-state index is 0.516. The molecule has 1 aromatic rings. The van der Waals surface area contributed by atoms with Gasteiger partial charge in [0.25, 0.3) is 0 Å². The summed E-state index contributed by atoms with van der Waals surface area (Å²) in [5.41, 5.74) is 0.859. The minimum absolute atomic E-state index is 0.516. The van der Waals surface area contributed by atoms with Crippen molar-refractivity contribution < 1.29 is 4.52 Å². The SMILES string of the molecule is CCNC(=NCc1ccon1)NC1CCN(C2CCCC2)CC1. The molecule has 0 unspecified atom stereocenters. The van der Waals surface area contributed by atoms with Crippen LogP contribution in [0, 0.1) is 0 Å². The minimum Gasteiger partial charge on any atom is -0.364 e. The molecule has 1 saturated heterocycles. The molecule has 1 aromatic heterocycles. The first-order valence-corrected chi connectivity index (χ1v) is 9.03. The van der Waals surface area contributed by atoms with Crippen LogP contribution in [0.4, 0.5) is 0 Å². The van der Waals surface area contributed by atoms with E-state index in [9.17, 15) is 0 Å². The van der Waals surface area contributed by atoms with Crippen LogP contribution in [0.1, 0.15) is 51.1 Å². The van der Waals surface area contributed by atoms with Gasteiger partial charge in [-0.15, -0.1) is 0 Å². The van der Waals surface area contributed by atoms with Gasteiger partial charge in [-0.1, -0.05) is 18.0 Å². The van der Waals surface area contributed by atoms with Crippen molar-refractivity contribution in [2.24, 2.45) is 4.99 Å². The van der Waals surface area contributed by atoms with Gasteiger partial charge in [-0.05, 0) is 32.6 Å². The molecule has 2 N–H and O–H groups in total. The van der Waals surface area contributed by atoms with Gasteiger partial charge in [0, 0.05) is 37.8 Å². The number of rotatable bonds is 5. The van der Waals surface area contributed by atoms with E-state index in [1.165, 1.54) is 51.6 Å². The largest absolute Gasteiger partial charge is 0.364 e. The third-order valence-corrected chi connectivity index (χ3v) is 4.95. The summed E-state index contributed by atoms with van der Waals surface area (Å²) in [4.78, 5) is 7.30. The van der Waals surface area contributed by atoms with Crippen LogP contribution < -0.4 is 10.6 Å². The molecule has 2 heterocycles. The van der Waals surface area contributed by atoms with Crippen molar-refractivity contribution in [3.8, 4) is 0 Å². The second-order valence-electron chi connectivity index (χ2n) is 6.58. The van der Waals surface area contributed by atoms with Crippen LogP contribution in [0.3, 0.4) is 0 Å². The highest BCUT2D eigenvalue weighted by Crippen LogP contribution is 2.26. The van der Waals surface area contributed by atoms with E-state index >= 15 is 0 Å². The molecule has 0 bridgehead atoms. The van der Waals surface area contributed by atoms with Gasteiger partial charge in [-0.25, -0.2) is 4.99 Å². The predicted molar refractivity (Wildman–Crippen MR) is 91.3 cm³/mol. The van der Waals surface area contributed by atoms with Crippen LogP contribution in [0.15, 0.2) is 21.8 Å². The predicted octanol–water partition coefficient (Wildman–Crippen LogP) is 2.14. The smallest absolute Gasteiger partial charge is 0.191 e. The molecule has 6 nitrogen and oxygen atoms in total. The number of hydrogen-bond donors (Lipinski definition) is 2. The lowest BCUT2D eigenvalue weighted by atomic mass is 10.0. The Morgan fingerprint density at radius 3 is 2.74 bits per heavy atom. The van der Waals surface area contributed by atoms with Gasteiger partial charge in [0.15, 0.2) is 5.96 Å². The summed E-state index contributed by atoms with van der Waals surface area (Å²) in [5.74, 6) is 0.884. The van der Waals surface area contributed by atoms with Gasteiger partial charge >= 0.3 is 0 Å². The second kappa shape index (κ2) is 8.34. The van der Waals surface area contributed by atoms with Crippen LogP contribution in [0.2, 0.25) is 0 Å². The van der Waals surface area contributed by atoms with Crippen molar-refractivity contribution in [2.45, 2.75) is 64.1 Å². The summed E-state index contributed by atoms with van der Waals surface area (Å²) in [6.45, 7) is 5.93. The van der Waals surface area contributed by atoms with E-state index in [2.05, 4.69) is 32.6 Å². The van der Waals surface area contributed by atoms with Gasteiger partial charge in [0.05, 0.1) is 6.54 Å². The van der Waals surface area contributed by atoms with Crippen LogP contribution in [-0.4, -0.2) is 47.7 Å². The quantitative estimate of drug-likeness (QED) is 0.643. The summed E-state index contributed by atoms with van der Waals surface area (Å²) >= 11 is 0. The number of piperidine rings is 1. The zero-order valence-electron chi connectivity index (χ0n) is 14.1. The molecule has 6 heteroatoms. The van der Waals surface area contributed by atoms with Crippen LogP contribution in [-0.2, 0) is 6.54 Å². The Morgan fingerprint density at radius 2 is 2.09 bits per heavy atom. The number of aliphatic imine (C=N–C) groups is 1. The first-order chi connectivity index (χ1) is 11.3. The lowest BCUT2D eigenvalue weighted by Crippen LogP contribution is -2.50. The van der Waals surface area contributed by atoms with E-state index < -0.39 is 0 Å². The topological polar surface area (TPSA) is 65.7 Å².